The molecule has 0 amide bonds. The third-order valence-electron chi connectivity index (χ3n) is 6.20. The van der Waals surface area contributed by atoms with Gasteiger partial charge in [-0.15, -0.1) is 5.10 Å². The maximum atomic E-state index is 12.3. The topological polar surface area (TPSA) is 65.2 Å². The molecule has 0 saturated carbocycles. The first-order valence-corrected chi connectivity index (χ1v) is 10.8. The monoisotopic (exact) mass is 405 g/mol. The minimum atomic E-state index is -0.0473. The summed E-state index contributed by atoms with van der Waals surface area (Å²) in [5.41, 5.74) is 2.70. The van der Waals surface area contributed by atoms with Gasteiger partial charge >= 0.3 is 0 Å². The van der Waals surface area contributed by atoms with Crippen LogP contribution in [0.15, 0.2) is 53.6 Å². The van der Waals surface area contributed by atoms with E-state index in [-0.39, 0.29) is 5.56 Å². The van der Waals surface area contributed by atoms with E-state index in [0.717, 1.165) is 57.7 Å². The smallest absolute Gasteiger partial charge is 0.266 e. The number of rotatable bonds is 6. The lowest BCUT2D eigenvalue weighted by atomic mass is 9.96. The van der Waals surface area contributed by atoms with Crippen molar-refractivity contribution in [2.24, 2.45) is 5.92 Å². The number of nitrogens with zero attached hydrogens (tertiary/aromatic N) is 5. The summed E-state index contributed by atoms with van der Waals surface area (Å²) >= 11 is 0. The molecule has 2 aliphatic rings. The van der Waals surface area contributed by atoms with Crippen LogP contribution in [0.3, 0.4) is 0 Å². The molecule has 1 aromatic carbocycles. The van der Waals surface area contributed by atoms with Gasteiger partial charge in [0.05, 0.1) is 6.61 Å². The van der Waals surface area contributed by atoms with Gasteiger partial charge in [-0.3, -0.25) is 4.79 Å². The molecule has 3 aromatic rings. The Bertz CT molecular complexity index is 1050. The van der Waals surface area contributed by atoms with E-state index in [1.165, 1.54) is 11.1 Å². The van der Waals surface area contributed by atoms with E-state index in [4.69, 9.17) is 4.74 Å². The van der Waals surface area contributed by atoms with Crippen molar-refractivity contribution < 1.29 is 4.74 Å². The second-order valence-corrected chi connectivity index (χ2v) is 8.24. The predicted molar refractivity (Wildman–Crippen MR) is 114 cm³/mol. The summed E-state index contributed by atoms with van der Waals surface area (Å²) < 4.78 is 8.89. The first-order chi connectivity index (χ1) is 14.7. The molecule has 7 heteroatoms. The number of ether oxygens (including phenoxy) is 1. The zero-order valence-corrected chi connectivity index (χ0v) is 17.1. The lowest BCUT2D eigenvalue weighted by Crippen LogP contribution is -2.37. The number of aromatic nitrogens is 4. The van der Waals surface area contributed by atoms with Crippen LogP contribution >= 0.6 is 0 Å². The van der Waals surface area contributed by atoms with E-state index in [0.29, 0.717) is 18.3 Å². The molecule has 1 fully saturated rings. The maximum absolute atomic E-state index is 12.3. The molecule has 0 atom stereocenters. The average molecular weight is 406 g/mol. The van der Waals surface area contributed by atoms with Crippen molar-refractivity contribution in [2.75, 3.05) is 26.2 Å². The van der Waals surface area contributed by atoms with E-state index in [1.54, 1.807) is 27.7 Å². The van der Waals surface area contributed by atoms with Crippen LogP contribution in [0.4, 0.5) is 0 Å². The number of hydrogen-bond acceptors (Lipinski definition) is 5. The SMILES string of the molecule is O=c1ccc(-n2cccn2)nn1CC1CCN(CCc2ccc3c(c2)CCO3)CC1. The maximum Gasteiger partial charge on any atom is 0.266 e. The molecule has 2 aromatic heterocycles. The Hall–Kier alpha value is -2.93. The number of benzene rings is 1. The van der Waals surface area contributed by atoms with Gasteiger partial charge in [0.15, 0.2) is 5.82 Å². The molecule has 5 rings (SSSR count). The molecule has 7 nitrogen and oxygen atoms in total. The minimum absolute atomic E-state index is 0.0473. The van der Waals surface area contributed by atoms with Crippen molar-refractivity contribution in [1.82, 2.24) is 24.5 Å². The first-order valence-electron chi connectivity index (χ1n) is 10.8. The number of hydrogen-bond donors (Lipinski definition) is 0. The normalized spacial score (nSPS) is 17.1. The van der Waals surface area contributed by atoms with Crippen LogP contribution < -0.4 is 10.3 Å². The fourth-order valence-corrected chi connectivity index (χ4v) is 4.42. The van der Waals surface area contributed by atoms with Crippen LogP contribution in [0.1, 0.15) is 24.0 Å². The molecule has 0 N–H and O–H groups in total. The van der Waals surface area contributed by atoms with E-state index < -0.39 is 0 Å². The molecule has 0 radical (unpaired) electrons. The minimum Gasteiger partial charge on any atom is -0.493 e. The van der Waals surface area contributed by atoms with Gasteiger partial charge in [0.1, 0.15) is 5.75 Å². The molecular formula is C23H27N5O2. The summed E-state index contributed by atoms with van der Waals surface area (Å²) in [5, 5.41) is 8.72. The van der Waals surface area contributed by atoms with Gasteiger partial charge in [0, 0.05) is 38.0 Å². The molecular weight excluding hydrogens is 378 g/mol. The quantitative estimate of drug-likeness (QED) is 0.630. The van der Waals surface area contributed by atoms with Gasteiger partial charge in [-0.2, -0.15) is 5.10 Å². The molecule has 30 heavy (non-hydrogen) atoms. The molecule has 1 saturated heterocycles. The van der Waals surface area contributed by atoms with Gasteiger partial charge in [-0.05, 0) is 67.6 Å². The van der Waals surface area contributed by atoms with Crippen molar-refractivity contribution in [3.05, 3.63) is 70.3 Å². The molecule has 4 heterocycles. The molecule has 0 spiro atoms. The summed E-state index contributed by atoms with van der Waals surface area (Å²) in [4.78, 5) is 14.8. The van der Waals surface area contributed by atoms with Crippen LogP contribution in [0.2, 0.25) is 0 Å². The van der Waals surface area contributed by atoms with E-state index in [1.807, 2.05) is 12.3 Å². The van der Waals surface area contributed by atoms with Gasteiger partial charge in [0.25, 0.3) is 5.56 Å². The third-order valence-corrected chi connectivity index (χ3v) is 6.20. The highest BCUT2D eigenvalue weighted by Gasteiger charge is 2.21. The summed E-state index contributed by atoms with van der Waals surface area (Å²) in [6.45, 7) is 4.72. The van der Waals surface area contributed by atoms with Crippen molar-refractivity contribution in [3.63, 3.8) is 0 Å². The number of piperidine rings is 1. The summed E-state index contributed by atoms with van der Waals surface area (Å²) in [6, 6.07) is 11.8. The molecule has 2 aliphatic heterocycles. The highest BCUT2D eigenvalue weighted by atomic mass is 16.5. The lowest BCUT2D eigenvalue weighted by molar-refractivity contribution is 0.171. The summed E-state index contributed by atoms with van der Waals surface area (Å²) in [6.07, 6.45) is 7.85. The van der Waals surface area contributed by atoms with Gasteiger partial charge in [0.2, 0.25) is 0 Å². The van der Waals surface area contributed by atoms with Crippen molar-refractivity contribution in [1.29, 1.82) is 0 Å². The third kappa shape index (κ3) is 4.16. The van der Waals surface area contributed by atoms with E-state index >= 15 is 0 Å². The average Bonchev–Trinajstić information content (AvgIpc) is 3.46. The highest BCUT2D eigenvalue weighted by molar-refractivity contribution is 5.39. The van der Waals surface area contributed by atoms with Crippen molar-refractivity contribution in [3.8, 4) is 11.6 Å². The van der Waals surface area contributed by atoms with Crippen LogP contribution in [0.5, 0.6) is 5.75 Å². The number of likely N-dealkylation sites (tertiary alicyclic amines) is 1. The fourth-order valence-electron chi connectivity index (χ4n) is 4.42. The second kappa shape index (κ2) is 8.44. The first kappa shape index (κ1) is 19.1. The molecule has 0 aliphatic carbocycles. The second-order valence-electron chi connectivity index (χ2n) is 8.24. The van der Waals surface area contributed by atoms with E-state index in [2.05, 4.69) is 33.3 Å². The Morgan fingerprint density at radius 2 is 2.03 bits per heavy atom. The Morgan fingerprint density at radius 1 is 1.13 bits per heavy atom. The molecule has 156 valence electrons. The van der Waals surface area contributed by atoms with Gasteiger partial charge in [-0.25, -0.2) is 9.36 Å². The summed E-state index contributed by atoms with van der Waals surface area (Å²) in [7, 11) is 0. The van der Waals surface area contributed by atoms with Crippen LogP contribution in [0, 0.1) is 5.92 Å². The fraction of sp³-hybridized carbons (Fsp3) is 0.435. The lowest BCUT2D eigenvalue weighted by Gasteiger charge is -2.32. The van der Waals surface area contributed by atoms with Crippen molar-refractivity contribution >= 4 is 0 Å². The largest absolute Gasteiger partial charge is 0.493 e. The van der Waals surface area contributed by atoms with Crippen molar-refractivity contribution in [2.45, 2.75) is 32.2 Å². The van der Waals surface area contributed by atoms with Gasteiger partial charge < -0.3 is 9.64 Å². The van der Waals surface area contributed by atoms with Crippen LogP contribution in [-0.4, -0.2) is 50.7 Å². The Morgan fingerprint density at radius 3 is 2.87 bits per heavy atom. The van der Waals surface area contributed by atoms with Crippen LogP contribution in [-0.2, 0) is 19.4 Å². The summed E-state index contributed by atoms with van der Waals surface area (Å²) in [5.74, 6) is 2.22. The number of fused-ring (bicyclic) bond motifs is 1. The standard InChI is InChI=1S/C23H27N5O2/c29-23-5-4-22(27-11-1-10-24-27)25-28(23)17-19-7-13-26(14-8-19)12-6-18-2-3-21-20(16-18)9-15-30-21/h1-5,10-11,16,19H,6-9,12-15,17H2. The van der Waals surface area contributed by atoms with E-state index in [9.17, 15) is 4.79 Å². The molecule has 0 unspecified atom stereocenters. The Balaban J connectivity index is 1.14. The van der Waals surface area contributed by atoms with Gasteiger partial charge in [-0.1, -0.05) is 12.1 Å². The molecule has 0 bridgehead atoms. The Kier molecular flexibility index (Phi) is 5.36. The van der Waals surface area contributed by atoms with Crippen LogP contribution in [0.25, 0.3) is 5.82 Å². The zero-order chi connectivity index (χ0) is 20.3. The zero-order valence-electron chi connectivity index (χ0n) is 17.1. The highest BCUT2D eigenvalue weighted by Crippen LogP contribution is 2.26. The Labute approximate surface area is 175 Å². The predicted octanol–water partition coefficient (Wildman–Crippen LogP) is 2.32.